The molecule has 2 rings (SSSR count). The molecule has 0 spiro atoms. The summed E-state index contributed by atoms with van der Waals surface area (Å²) in [6.07, 6.45) is 6.78. The van der Waals surface area contributed by atoms with Crippen molar-refractivity contribution in [1.82, 2.24) is 14.7 Å². The van der Waals surface area contributed by atoms with Gasteiger partial charge in [0.2, 0.25) is 0 Å². The van der Waals surface area contributed by atoms with E-state index in [1.807, 2.05) is 19.3 Å². The number of hydrogen-bond acceptors (Lipinski definition) is 3. The van der Waals surface area contributed by atoms with Crippen LogP contribution in [0.3, 0.4) is 0 Å². The van der Waals surface area contributed by atoms with Crippen LogP contribution in [0.15, 0.2) is 12.3 Å². The van der Waals surface area contributed by atoms with Gasteiger partial charge in [0.25, 0.3) is 0 Å². The molecule has 0 aliphatic carbocycles. The van der Waals surface area contributed by atoms with Crippen LogP contribution < -0.4 is 0 Å². The third kappa shape index (κ3) is 2.84. The highest BCUT2D eigenvalue weighted by molar-refractivity contribution is 5.06. The van der Waals surface area contributed by atoms with Gasteiger partial charge in [-0.3, -0.25) is 9.58 Å². The van der Waals surface area contributed by atoms with Crippen LogP contribution in [0.1, 0.15) is 45.2 Å². The SMILES string of the molecule is CCC(CC)(C(O)Cc1ccn(C)n1)N1CCCC1. The number of aromatic nitrogens is 2. The second-order valence-electron chi connectivity index (χ2n) is 5.71. The third-order valence-electron chi connectivity index (χ3n) is 4.75. The molecule has 19 heavy (non-hydrogen) atoms. The number of aliphatic hydroxyl groups excluding tert-OH is 1. The zero-order valence-corrected chi connectivity index (χ0v) is 12.5. The van der Waals surface area contributed by atoms with Crippen molar-refractivity contribution in [3.8, 4) is 0 Å². The van der Waals surface area contributed by atoms with E-state index in [9.17, 15) is 5.11 Å². The van der Waals surface area contributed by atoms with Crippen molar-refractivity contribution in [1.29, 1.82) is 0 Å². The van der Waals surface area contributed by atoms with E-state index in [2.05, 4.69) is 23.8 Å². The molecule has 1 aliphatic heterocycles. The van der Waals surface area contributed by atoms with Gasteiger partial charge in [0.15, 0.2) is 0 Å². The van der Waals surface area contributed by atoms with E-state index in [-0.39, 0.29) is 11.6 Å². The summed E-state index contributed by atoms with van der Waals surface area (Å²) in [5.41, 5.74) is 0.911. The van der Waals surface area contributed by atoms with Crippen LogP contribution in [0, 0.1) is 0 Å². The van der Waals surface area contributed by atoms with Crippen LogP contribution >= 0.6 is 0 Å². The maximum Gasteiger partial charge on any atom is 0.0779 e. The molecular weight excluding hydrogens is 238 g/mol. The summed E-state index contributed by atoms with van der Waals surface area (Å²) in [4.78, 5) is 2.50. The Labute approximate surface area is 116 Å². The van der Waals surface area contributed by atoms with Gasteiger partial charge < -0.3 is 5.11 Å². The fourth-order valence-electron chi connectivity index (χ4n) is 3.50. The molecule has 0 saturated carbocycles. The van der Waals surface area contributed by atoms with Crippen molar-refractivity contribution in [3.63, 3.8) is 0 Å². The zero-order valence-electron chi connectivity index (χ0n) is 12.5. The molecule has 0 radical (unpaired) electrons. The molecular formula is C15H27N3O. The van der Waals surface area contributed by atoms with E-state index in [4.69, 9.17) is 0 Å². The van der Waals surface area contributed by atoms with E-state index in [1.165, 1.54) is 12.8 Å². The normalized spacial score (nSPS) is 18.9. The molecule has 1 N–H and O–H groups in total. The van der Waals surface area contributed by atoms with Gasteiger partial charge in [-0.25, -0.2) is 0 Å². The first kappa shape index (κ1) is 14.5. The summed E-state index contributed by atoms with van der Waals surface area (Å²) in [6, 6.07) is 2.00. The highest BCUT2D eigenvalue weighted by atomic mass is 16.3. The fraction of sp³-hybridized carbons (Fsp3) is 0.800. The molecule has 0 bridgehead atoms. The average Bonchev–Trinajstić information content (AvgIpc) is 3.04. The molecule has 1 saturated heterocycles. The molecule has 1 aromatic rings. The first-order valence-corrected chi connectivity index (χ1v) is 7.54. The van der Waals surface area contributed by atoms with Crippen LogP contribution in [-0.4, -0.2) is 44.5 Å². The lowest BCUT2D eigenvalue weighted by atomic mass is 9.82. The molecule has 108 valence electrons. The van der Waals surface area contributed by atoms with Crippen molar-refractivity contribution in [3.05, 3.63) is 18.0 Å². The number of rotatable bonds is 6. The van der Waals surface area contributed by atoms with Crippen LogP contribution in [0.2, 0.25) is 0 Å². The third-order valence-corrected chi connectivity index (χ3v) is 4.75. The van der Waals surface area contributed by atoms with Gasteiger partial charge in [-0.2, -0.15) is 5.10 Å². The van der Waals surface area contributed by atoms with Gasteiger partial charge in [0.1, 0.15) is 0 Å². The van der Waals surface area contributed by atoms with Gasteiger partial charge in [0.05, 0.1) is 11.8 Å². The maximum absolute atomic E-state index is 10.8. The Kier molecular flexibility index (Phi) is 4.63. The summed E-state index contributed by atoms with van der Waals surface area (Å²) in [5, 5.41) is 15.2. The number of aliphatic hydroxyl groups is 1. The first-order chi connectivity index (χ1) is 9.12. The Hall–Kier alpha value is -0.870. The standard InChI is InChI=1S/C15H27N3O/c1-4-15(5-2,18-9-6-7-10-18)14(19)12-13-8-11-17(3)16-13/h8,11,14,19H,4-7,9-10,12H2,1-3H3. The lowest BCUT2D eigenvalue weighted by molar-refractivity contribution is -0.0274. The Morgan fingerprint density at radius 2 is 1.95 bits per heavy atom. The molecule has 1 aromatic heterocycles. The monoisotopic (exact) mass is 265 g/mol. The molecule has 1 unspecified atom stereocenters. The predicted molar refractivity (Wildman–Crippen MR) is 77.0 cm³/mol. The highest BCUT2D eigenvalue weighted by Gasteiger charge is 2.41. The fourth-order valence-corrected chi connectivity index (χ4v) is 3.50. The Morgan fingerprint density at radius 1 is 1.32 bits per heavy atom. The second-order valence-corrected chi connectivity index (χ2v) is 5.71. The molecule has 1 fully saturated rings. The van der Waals surface area contributed by atoms with Crippen LogP contribution in [-0.2, 0) is 13.5 Å². The Balaban J connectivity index is 2.13. The van der Waals surface area contributed by atoms with E-state index >= 15 is 0 Å². The molecule has 1 atom stereocenters. The topological polar surface area (TPSA) is 41.3 Å². The Morgan fingerprint density at radius 3 is 2.42 bits per heavy atom. The quantitative estimate of drug-likeness (QED) is 0.855. The summed E-state index contributed by atoms with van der Waals surface area (Å²) >= 11 is 0. The van der Waals surface area contributed by atoms with Crippen LogP contribution in [0.4, 0.5) is 0 Å². The lowest BCUT2D eigenvalue weighted by Crippen LogP contribution is -2.55. The Bertz CT molecular complexity index is 392. The minimum Gasteiger partial charge on any atom is -0.391 e. The predicted octanol–water partition coefficient (Wildman–Crippen LogP) is 1.98. The van der Waals surface area contributed by atoms with E-state index in [1.54, 1.807) is 4.68 Å². The van der Waals surface area contributed by atoms with E-state index in [0.717, 1.165) is 31.6 Å². The summed E-state index contributed by atoms with van der Waals surface area (Å²) in [6.45, 7) is 6.65. The number of likely N-dealkylation sites (tertiary alicyclic amines) is 1. The van der Waals surface area contributed by atoms with Crippen LogP contribution in [0.25, 0.3) is 0 Å². The van der Waals surface area contributed by atoms with Gasteiger partial charge in [-0.1, -0.05) is 13.8 Å². The highest BCUT2D eigenvalue weighted by Crippen LogP contribution is 2.32. The number of aryl methyl sites for hydroxylation is 1. The zero-order chi connectivity index (χ0) is 13.9. The van der Waals surface area contributed by atoms with Crippen molar-refractivity contribution >= 4 is 0 Å². The number of hydrogen-bond donors (Lipinski definition) is 1. The van der Waals surface area contributed by atoms with Crippen molar-refractivity contribution in [2.24, 2.45) is 7.05 Å². The van der Waals surface area contributed by atoms with Gasteiger partial charge in [-0.15, -0.1) is 0 Å². The van der Waals surface area contributed by atoms with Crippen molar-refractivity contribution < 1.29 is 5.11 Å². The second kappa shape index (κ2) is 6.06. The van der Waals surface area contributed by atoms with E-state index < -0.39 is 0 Å². The van der Waals surface area contributed by atoms with Gasteiger partial charge in [-0.05, 0) is 44.8 Å². The summed E-state index contributed by atoms with van der Waals surface area (Å²) in [7, 11) is 1.92. The summed E-state index contributed by atoms with van der Waals surface area (Å²) in [5.74, 6) is 0. The minimum atomic E-state index is -0.338. The van der Waals surface area contributed by atoms with Crippen molar-refractivity contribution in [2.75, 3.05) is 13.1 Å². The van der Waals surface area contributed by atoms with E-state index in [0.29, 0.717) is 6.42 Å². The molecule has 4 heteroatoms. The molecule has 0 aromatic carbocycles. The largest absolute Gasteiger partial charge is 0.391 e. The van der Waals surface area contributed by atoms with Crippen LogP contribution in [0.5, 0.6) is 0 Å². The molecule has 4 nitrogen and oxygen atoms in total. The van der Waals surface area contributed by atoms with Gasteiger partial charge in [0, 0.05) is 25.2 Å². The maximum atomic E-state index is 10.8. The minimum absolute atomic E-state index is 0.0754. The average molecular weight is 265 g/mol. The lowest BCUT2D eigenvalue weighted by Gasteiger charge is -2.44. The number of nitrogens with zero attached hydrogens (tertiary/aromatic N) is 3. The molecule has 2 heterocycles. The molecule has 1 aliphatic rings. The smallest absolute Gasteiger partial charge is 0.0779 e. The molecule has 0 amide bonds. The first-order valence-electron chi connectivity index (χ1n) is 7.54. The van der Waals surface area contributed by atoms with Gasteiger partial charge >= 0.3 is 0 Å². The van der Waals surface area contributed by atoms with Crippen molar-refractivity contribution in [2.45, 2.75) is 57.6 Å². The summed E-state index contributed by atoms with van der Waals surface area (Å²) < 4.78 is 1.80.